The van der Waals surface area contributed by atoms with Crippen LogP contribution in [-0.2, 0) is 13.1 Å². The number of anilines is 2. The van der Waals surface area contributed by atoms with Crippen molar-refractivity contribution in [2.75, 3.05) is 23.8 Å². The fourth-order valence-electron chi connectivity index (χ4n) is 3.67. The normalized spacial score (nSPS) is 10.6. The van der Waals surface area contributed by atoms with Gasteiger partial charge < -0.3 is 20.1 Å². The van der Waals surface area contributed by atoms with E-state index in [-0.39, 0.29) is 5.91 Å². The Balaban J connectivity index is 1.52. The van der Waals surface area contributed by atoms with Crippen LogP contribution in [0.5, 0.6) is 11.5 Å². The van der Waals surface area contributed by atoms with E-state index in [9.17, 15) is 4.79 Å². The Morgan fingerprint density at radius 1 is 0.806 bits per heavy atom. The van der Waals surface area contributed by atoms with Gasteiger partial charge in [0.25, 0.3) is 5.91 Å². The predicted octanol–water partition coefficient (Wildman–Crippen LogP) is 5.30. The number of nitrogens with zero attached hydrogens (tertiary/aromatic N) is 3. The van der Waals surface area contributed by atoms with Crippen molar-refractivity contribution in [2.24, 2.45) is 0 Å². The highest BCUT2D eigenvalue weighted by molar-refractivity contribution is 5.98. The second-order valence-electron chi connectivity index (χ2n) is 8.15. The van der Waals surface area contributed by atoms with Crippen LogP contribution in [0.4, 0.5) is 11.9 Å². The molecule has 8 heteroatoms. The number of hydrogen-bond acceptors (Lipinski definition) is 7. The number of carbonyl (C=O) groups is 1. The summed E-state index contributed by atoms with van der Waals surface area (Å²) in [6.45, 7) is 8.04. The average molecular weight is 486 g/mol. The molecule has 0 saturated carbocycles. The van der Waals surface area contributed by atoms with E-state index >= 15 is 0 Å². The molecule has 0 fully saturated rings. The molecule has 0 spiro atoms. The molecule has 2 N–H and O–H groups in total. The van der Waals surface area contributed by atoms with Gasteiger partial charge >= 0.3 is 0 Å². The maximum atomic E-state index is 13.4. The van der Waals surface area contributed by atoms with Gasteiger partial charge in [-0.15, -0.1) is 5.10 Å². The smallest absolute Gasteiger partial charge is 0.281 e. The summed E-state index contributed by atoms with van der Waals surface area (Å²) in [5, 5.41) is 11.0. The summed E-state index contributed by atoms with van der Waals surface area (Å²) in [5.41, 5.74) is 3.52. The van der Waals surface area contributed by atoms with Crippen molar-refractivity contribution in [3.63, 3.8) is 0 Å². The zero-order valence-electron chi connectivity index (χ0n) is 20.8. The summed E-state index contributed by atoms with van der Waals surface area (Å²) >= 11 is 0. The van der Waals surface area contributed by atoms with Gasteiger partial charge in [0.05, 0.1) is 13.2 Å². The van der Waals surface area contributed by atoms with Crippen molar-refractivity contribution < 1.29 is 14.3 Å². The first kappa shape index (κ1) is 24.8. The number of aryl methyl sites for hydroxylation is 1. The highest BCUT2D eigenvalue weighted by atomic mass is 16.5. The van der Waals surface area contributed by atoms with E-state index in [1.54, 1.807) is 6.07 Å². The largest absolute Gasteiger partial charge is 0.494 e. The monoisotopic (exact) mass is 485 g/mol. The van der Waals surface area contributed by atoms with Crippen molar-refractivity contribution in [1.29, 1.82) is 0 Å². The maximum absolute atomic E-state index is 13.4. The van der Waals surface area contributed by atoms with Gasteiger partial charge in [0.2, 0.25) is 11.9 Å². The van der Waals surface area contributed by atoms with Crippen LogP contribution in [0.3, 0.4) is 0 Å². The third-order valence-electron chi connectivity index (χ3n) is 5.54. The van der Waals surface area contributed by atoms with Crippen molar-refractivity contribution >= 4 is 17.8 Å². The fourth-order valence-corrected chi connectivity index (χ4v) is 3.67. The van der Waals surface area contributed by atoms with Gasteiger partial charge in [-0.3, -0.25) is 4.79 Å². The molecule has 0 saturated heterocycles. The van der Waals surface area contributed by atoms with E-state index < -0.39 is 0 Å². The number of aromatic nitrogens is 3. The second-order valence-corrected chi connectivity index (χ2v) is 8.15. The van der Waals surface area contributed by atoms with Crippen molar-refractivity contribution in [2.45, 2.75) is 33.9 Å². The van der Waals surface area contributed by atoms with Crippen LogP contribution in [0.25, 0.3) is 0 Å². The van der Waals surface area contributed by atoms with E-state index in [4.69, 9.17) is 9.47 Å². The summed E-state index contributed by atoms with van der Waals surface area (Å²) < 4.78 is 12.3. The highest BCUT2D eigenvalue weighted by Crippen LogP contribution is 2.18. The molecule has 0 unspecified atom stereocenters. The van der Waals surface area contributed by atoms with E-state index in [1.807, 2.05) is 87.5 Å². The summed E-state index contributed by atoms with van der Waals surface area (Å²) in [7, 11) is 0. The minimum absolute atomic E-state index is 0.246. The Kier molecular flexibility index (Phi) is 8.18. The maximum Gasteiger partial charge on any atom is 0.281 e. The van der Waals surface area contributed by atoms with Gasteiger partial charge in [0.15, 0.2) is 0 Å². The standard InChI is InChI=1S/C28H31N5O3/c1-4-35-23-14-10-21(11-15-23)18-29-27-31-28(30-19-22-12-16-24(17-13-22)36-5-2)33(32-27)26(34)25-9-7-6-8-20(25)3/h6-17H,4-5,18-19H2,1-3H3,(H2,29,30,31,32). The zero-order chi connectivity index (χ0) is 25.3. The quantitative estimate of drug-likeness (QED) is 0.298. The van der Waals surface area contributed by atoms with Crippen LogP contribution in [0, 0.1) is 6.92 Å². The van der Waals surface area contributed by atoms with E-state index in [2.05, 4.69) is 20.7 Å². The molecule has 8 nitrogen and oxygen atoms in total. The summed E-state index contributed by atoms with van der Waals surface area (Å²) in [6.07, 6.45) is 0. The Labute approximate surface area is 211 Å². The summed E-state index contributed by atoms with van der Waals surface area (Å²) in [5.74, 6) is 2.13. The molecule has 186 valence electrons. The molecule has 0 atom stereocenters. The summed E-state index contributed by atoms with van der Waals surface area (Å²) in [4.78, 5) is 17.9. The van der Waals surface area contributed by atoms with Crippen LogP contribution in [0.15, 0.2) is 72.8 Å². The highest BCUT2D eigenvalue weighted by Gasteiger charge is 2.19. The molecule has 4 aromatic rings. The molecule has 36 heavy (non-hydrogen) atoms. The van der Waals surface area contributed by atoms with Gasteiger partial charge in [-0.25, -0.2) is 0 Å². The second kappa shape index (κ2) is 11.9. The zero-order valence-corrected chi connectivity index (χ0v) is 20.8. The topological polar surface area (TPSA) is 90.3 Å². The number of ether oxygens (including phenoxy) is 2. The van der Waals surface area contributed by atoms with Gasteiger partial charge in [0.1, 0.15) is 11.5 Å². The molecule has 0 bridgehead atoms. The molecular formula is C28H31N5O3. The van der Waals surface area contributed by atoms with Gasteiger partial charge in [-0.2, -0.15) is 9.67 Å². The fraction of sp³-hybridized carbons (Fsp3) is 0.250. The van der Waals surface area contributed by atoms with Gasteiger partial charge in [-0.1, -0.05) is 42.5 Å². The lowest BCUT2D eigenvalue weighted by Gasteiger charge is -2.09. The van der Waals surface area contributed by atoms with Crippen molar-refractivity contribution in [3.8, 4) is 11.5 Å². The molecule has 1 aromatic heterocycles. The molecular weight excluding hydrogens is 454 g/mol. The Bertz CT molecular complexity index is 1280. The van der Waals surface area contributed by atoms with Crippen molar-refractivity contribution in [3.05, 3.63) is 95.1 Å². The number of hydrogen-bond donors (Lipinski definition) is 2. The lowest BCUT2D eigenvalue weighted by molar-refractivity contribution is 0.0947. The van der Waals surface area contributed by atoms with Crippen LogP contribution in [0.2, 0.25) is 0 Å². The third kappa shape index (κ3) is 6.21. The Morgan fingerprint density at radius 3 is 1.92 bits per heavy atom. The molecule has 4 rings (SSSR count). The number of carbonyl (C=O) groups excluding carboxylic acids is 1. The molecule has 0 amide bonds. The number of rotatable bonds is 11. The lowest BCUT2D eigenvalue weighted by Crippen LogP contribution is -2.18. The first-order valence-corrected chi connectivity index (χ1v) is 12.1. The molecule has 0 aliphatic rings. The van der Waals surface area contributed by atoms with Gasteiger partial charge in [0, 0.05) is 18.7 Å². The van der Waals surface area contributed by atoms with Gasteiger partial charge in [-0.05, 0) is 67.8 Å². The average Bonchev–Trinajstić information content (AvgIpc) is 3.31. The molecule has 0 aliphatic heterocycles. The Morgan fingerprint density at radius 2 is 1.36 bits per heavy atom. The van der Waals surface area contributed by atoms with Crippen molar-refractivity contribution in [1.82, 2.24) is 14.8 Å². The van der Waals surface area contributed by atoms with Crippen LogP contribution >= 0.6 is 0 Å². The summed E-state index contributed by atoms with van der Waals surface area (Å²) in [6, 6.07) is 23.1. The molecule has 0 aliphatic carbocycles. The predicted molar refractivity (Wildman–Crippen MR) is 141 cm³/mol. The van der Waals surface area contributed by atoms with Crippen LogP contribution in [-0.4, -0.2) is 33.9 Å². The van der Waals surface area contributed by atoms with Crippen LogP contribution in [0.1, 0.15) is 40.9 Å². The lowest BCUT2D eigenvalue weighted by atomic mass is 10.1. The first-order valence-electron chi connectivity index (χ1n) is 12.1. The first-order chi connectivity index (χ1) is 17.6. The number of nitrogens with one attached hydrogen (secondary N) is 2. The molecule has 1 heterocycles. The Hall–Kier alpha value is -4.33. The third-order valence-corrected chi connectivity index (χ3v) is 5.54. The molecule has 0 radical (unpaired) electrons. The molecule has 3 aromatic carbocycles. The number of benzene rings is 3. The van der Waals surface area contributed by atoms with E-state index in [0.29, 0.717) is 43.8 Å². The van der Waals surface area contributed by atoms with E-state index in [0.717, 1.165) is 28.2 Å². The van der Waals surface area contributed by atoms with Crippen LogP contribution < -0.4 is 20.1 Å². The minimum atomic E-state index is -0.246. The SMILES string of the molecule is CCOc1ccc(CNc2nc(NCc3ccc(OCC)cc3)n(C(=O)c3ccccc3C)n2)cc1. The minimum Gasteiger partial charge on any atom is -0.494 e. The van der Waals surface area contributed by atoms with E-state index in [1.165, 1.54) is 4.68 Å².